The fraction of sp³-hybridized carbons (Fsp3) is 0.389. The topological polar surface area (TPSA) is 93.5 Å². The summed E-state index contributed by atoms with van der Waals surface area (Å²) in [6, 6.07) is 4.22. The van der Waals surface area contributed by atoms with Crippen LogP contribution in [0, 0.1) is 12.7 Å². The highest BCUT2D eigenvalue weighted by Crippen LogP contribution is 2.17. The van der Waals surface area contributed by atoms with Gasteiger partial charge in [0.2, 0.25) is 5.75 Å². The zero-order valence-corrected chi connectivity index (χ0v) is 14.6. The molecular weight excluding hydrogens is 341 g/mol. The number of hydrogen-bond donors (Lipinski definition) is 2. The van der Waals surface area contributed by atoms with Crippen LogP contribution < -0.4 is 10.9 Å². The van der Waals surface area contributed by atoms with E-state index in [4.69, 9.17) is 4.74 Å². The second-order valence-corrected chi connectivity index (χ2v) is 6.34. The van der Waals surface area contributed by atoms with Crippen molar-refractivity contribution in [1.29, 1.82) is 0 Å². The molecule has 1 aromatic heterocycles. The first-order chi connectivity index (χ1) is 12.4. The van der Waals surface area contributed by atoms with Crippen LogP contribution >= 0.6 is 0 Å². The van der Waals surface area contributed by atoms with Gasteiger partial charge in [0.05, 0.1) is 19.3 Å². The van der Waals surface area contributed by atoms with Crippen molar-refractivity contribution >= 4 is 5.91 Å². The van der Waals surface area contributed by atoms with Crippen LogP contribution in [0.5, 0.6) is 5.75 Å². The zero-order valence-electron chi connectivity index (χ0n) is 14.6. The molecule has 3 rings (SSSR count). The number of nitrogens with one attached hydrogen (secondary N) is 1. The molecule has 0 spiro atoms. The van der Waals surface area contributed by atoms with Gasteiger partial charge in [0.1, 0.15) is 11.6 Å². The first-order valence-corrected chi connectivity index (χ1v) is 8.34. The lowest BCUT2D eigenvalue weighted by Gasteiger charge is -2.16. The predicted molar refractivity (Wildman–Crippen MR) is 91.7 cm³/mol. The van der Waals surface area contributed by atoms with Crippen LogP contribution in [0.3, 0.4) is 0 Å². The van der Waals surface area contributed by atoms with Gasteiger partial charge in [-0.3, -0.25) is 14.2 Å². The molecule has 26 heavy (non-hydrogen) atoms. The van der Waals surface area contributed by atoms with Crippen molar-refractivity contribution in [2.75, 3.05) is 13.2 Å². The first kappa shape index (κ1) is 18.1. The molecule has 0 bridgehead atoms. The van der Waals surface area contributed by atoms with Crippen molar-refractivity contribution < 1.29 is 19.0 Å². The van der Waals surface area contributed by atoms with Gasteiger partial charge >= 0.3 is 0 Å². The summed E-state index contributed by atoms with van der Waals surface area (Å²) in [6.45, 7) is 4.26. The number of amides is 1. The minimum atomic E-state index is -0.685. The van der Waals surface area contributed by atoms with E-state index in [0.717, 1.165) is 0 Å². The van der Waals surface area contributed by atoms with Crippen LogP contribution in [-0.2, 0) is 17.7 Å². The Hall–Kier alpha value is -2.74. The van der Waals surface area contributed by atoms with E-state index in [-0.39, 0.29) is 24.1 Å². The fourth-order valence-corrected chi connectivity index (χ4v) is 2.93. The minimum Gasteiger partial charge on any atom is -0.501 e. The van der Waals surface area contributed by atoms with Gasteiger partial charge in [-0.25, -0.2) is 9.37 Å². The van der Waals surface area contributed by atoms with Crippen molar-refractivity contribution in [3.8, 4) is 5.75 Å². The number of carbonyl (C=O) groups excluding carboxylic acids is 1. The number of ether oxygens (including phenoxy) is 1. The van der Waals surface area contributed by atoms with Crippen LogP contribution in [0.15, 0.2) is 23.0 Å². The maximum atomic E-state index is 13.3. The molecule has 2 N–H and O–H groups in total. The molecule has 138 valence electrons. The van der Waals surface area contributed by atoms with Crippen molar-refractivity contribution in [3.63, 3.8) is 0 Å². The Morgan fingerprint density at radius 3 is 3.00 bits per heavy atom. The Morgan fingerprint density at radius 1 is 1.50 bits per heavy atom. The van der Waals surface area contributed by atoms with Gasteiger partial charge < -0.3 is 15.2 Å². The summed E-state index contributed by atoms with van der Waals surface area (Å²) in [6.07, 6.45) is 0.372. The molecule has 1 aliphatic rings. The molecule has 1 atom stereocenters. The van der Waals surface area contributed by atoms with Gasteiger partial charge in [-0.1, -0.05) is 12.1 Å². The highest BCUT2D eigenvalue weighted by Gasteiger charge is 2.25. The van der Waals surface area contributed by atoms with Gasteiger partial charge in [0.25, 0.3) is 11.5 Å². The summed E-state index contributed by atoms with van der Waals surface area (Å²) < 4.78 is 20.1. The Balaban J connectivity index is 1.85. The van der Waals surface area contributed by atoms with Crippen LogP contribution in [-0.4, -0.2) is 33.8 Å². The second kappa shape index (κ2) is 7.25. The number of benzene rings is 1. The van der Waals surface area contributed by atoms with E-state index in [1.54, 1.807) is 26.0 Å². The average molecular weight is 361 g/mol. The SMILES string of the molecule is Cc1cc(CNC(=O)c2nc3n(c(=O)c2O)[C@H](C)COCC3)ccc1F. The van der Waals surface area contributed by atoms with E-state index >= 15 is 0 Å². The third-order valence-corrected chi connectivity index (χ3v) is 4.32. The number of hydrogen-bond acceptors (Lipinski definition) is 5. The Kier molecular flexibility index (Phi) is 5.03. The number of rotatable bonds is 3. The lowest BCUT2D eigenvalue weighted by Crippen LogP contribution is -2.32. The number of carbonyl (C=O) groups is 1. The molecular formula is C18H20FN3O4. The van der Waals surface area contributed by atoms with Gasteiger partial charge in [-0.05, 0) is 31.0 Å². The monoisotopic (exact) mass is 361 g/mol. The Labute approximate surface area is 149 Å². The summed E-state index contributed by atoms with van der Waals surface area (Å²) >= 11 is 0. The molecule has 7 nitrogen and oxygen atoms in total. The standard InChI is InChI=1S/C18H20FN3O4/c1-10-7-12(3-4-13(10)19)8-20-17(24)15-16(23)18(25)22-11(2)9-26-6-5-14(22)21-15/h3-4,7,11,23H,5-6,8-9H2,1-2H3,(H,20,24)/t11-/m1/s1. The third kappa shape index (κ3) is 3.45. The Morgan fingerprint density at radius 2 is 2.27 bits per heavy atom. The fourth-order valence-electron chi connectivity index (χ4n) is 2.93. The van der Waals surface area contributed by atoms with Crippen molar-refractivity contribution in [3.05, 3.63) is 57.0 Å². The molecule has 1 aliphatic heterocycles. The molecule has 0 radical (unpaired) electrons. The van der Waals surface area contributed by atoms with E-state index < -0.39 is 17.2 Å². The zero-order chi connectivity index (χ0) is 18.8. The average Bonchev–Trinajstić information content (AvgIpc) is 2.80. The normalized spacial score (nSPS) is 16.7. The van der Waals surface area contributed by atoms with Gasteiger partial charge in [-0.15, -0.1) is 0 Å². The van der Waals surface area contributed by atoms with Gasteiger partial charge in [-0.2, -0.15) is 0 Å². The maximum absolute atomic E-state index is 13.3. The van der Waals surface area contributed by atoms with E-state index in [0.29, 0.717) is 36.6 Å². The largest absolute Gasteiger partial charge is 0.501 e. The number of fused-ring (bicyclic) bond motifs is 1. The number of aryl methyl sites for hydroxylation is 1. The summed E-state index contributed by atoms with van der Waals surface area (Å²) in [5.74, 6) is -1.27. The van der Waals surface area contributed by atoms with Crippen LogP contribution in [0.1, 0.15) is 40.4 Å². The number of aromatic nitrogens is 2. The summed E-state index contributed by atoms with van der Waals surface area (Å²) in [5, 5.41) is 12.8. The van der Waals surface area contributed by atoms with Crippen LogP contribution in [0.2, 0.25) is 0 Å². The van der Waals surface area contributed by atoms with E-state index in [9.17, 15) is 19.1 Å². The van der Waals surface area contributed by atoms with Gasteiger partial charge in [0, 0.05) is 13.0 Å². The van der Waals surface area contributed by atoms with E-state index in [1.165, 1.54) is 10.6 Å². The summed E-state index contributed by atoms with van der Waals surface area (Å²) in [4.78, 5) is 29.1. The van der Waals surface area contributed by atoms with E-state index in [2.05, 4.69) is 10.3 Å². The molecule has 0 unspecified atom stereocenters. The lowest BCUT2D eigenvalue weighted by molar-refractivity contribution is 0.0941. The first-order valence-electron chi connectivity index (χ1n) is 8.34. The molecule has 0 aliphatic carbocycles. The molecule has 0 saturated carbocycles. The molecule has 2 heterocycles. The quantitative estimate of drug-likeness (QED) is 0.863. The number of nitrogens with zero attached hydrogens (tertiary/aromatic N) is 2. The summed E-state index contributed by atoms with van der Waals surface area (Å²) in [5.41, 5.74) is 0.199. The van der Waals surface area contributed by atoms with Crippen LogP contribution in [0.4, 0.5) is 4.39 Å². The molecule has 2 aromatic rings. The smallest absolute Gasteiger partial charge is 0.296 e. The molecule has 1 aromatic carbocycles. The number of aromatic hydroxyl groups is 1. The molecule has 1 amide bonds. The predicted octanol–water partition coefficient (Wildman–Crippen LogP) is 1.46. The van der Waals surface area contributed by atoms with Crippen molar-refractivity contribution in [1.82, 2.24) is 14.9 Å². The van der Waals surface area contributed by atoms with Crippen molar-refractivity contribution in [2.24, 2.45) is 0 Å². The van der Waals surface area contributed by atoms with Gasteiger partial charge in [0.15, 0.2) is 5.69 Å². The minimum absolute atomic E-state index is 0.124. The lowest BCUT2D eigenvalue weighted by atomic mass is 10.1. The summed E-state index contributed by atoms with van der Waals surface area (Å²) in [7, 11) is 0. The Bertz CT molecular complexity index is 910. The van der Waals surface area contributed by atoms with Crippen LogP contribution in [0.25, 0.3) is 0 Å². The maximum Gasteiger partial charge on any atom is 0.296 e. The highest BCUT2D eigenvalue weighted by atomic mass is 19.1. The molecule has 0 fully saturated rings. The number of halogens is 1. The third-order valence-electron chi connectivity index (χ3n) is 4.32. The van der Waals surface area contributed by atoms with Crippen molar-refractivity contribution in [2.45, 2.75) is 32.9 Å². The second-order valence-electron chi connectivity index (χ2n) is 6.34. The highest BCUT2D eigenvalue weighted by molar-refractivity contribution is 5.94. The molecule has 0 saturated heterocycles. The molecule has 8 heteroatoms. The van der Waals surface area contributed by atoms with E-state index in [1.807, 2.05) is 0 Å².